The highest BCUT2D eigenvalue weighted by molar-refractivity contribution is 7.71. The summed E-state index contributed by atoms with van der Waals surface area (Å²) in [6.07, 6.45) is 1.60. The molecule has 0 amide bonds. The van der Waals surface area contributed by atoms with Gasteiger partial charge >= 0.3 is 0 Å². The maximum Gasteiger partial charge on any atom is 0.148 e. The Morgan fingerprint density at radius 1 is 1.64 bits per heavy atom. The largest absolute Gasteiger partial charge is 0.336 e. The molecule has 0 fully saturated rings. The van der Waals surface area contributed by atoms with Crippen LogP contribution in [0.3, 0.4) is 0 Å². The summed E-state index contributed by atoms with van der Waals surface area (Å²) in [5.74, 6) is 0. The summed E-state index contributed by atoms with van der Waals surface area (Å²) >= 11 is 6.57. The summed E-state index contributed by atoms with van der Waals surface area (Å²) in [4.78, 5) is 12.1. The third-order valence-corrected chi connectivity index (χ3v) is 2.50. The van der Waals surface area contributed by atoms with Gasteiger partial charge in [-0.3, -0.25) is 0 Å². The molecule has 0 aliphatic heterocycles. The van der Waals surface area contributed by atoms with Gasteiger partial charge in [0.1, 0.15) is 15.0 Å². The molecule has 0 aliphatic rings. The molecule has 0 bridgehead atoms. The Bertz CT molecular complexity index is 442. The van der Waals surface area contributed by atoms with Gasteiger partial charge < -0.3 is 4.98 Å². The van der Waals surface area contributed by atoms with Crippen molar-refractivity contribution in [2.45, 2.75) is 6.92 Å². The number of fused-ring (bicyclic) bond motifs is 1. The molecule has 2 rings (SSSR count). The average molecular weight is 183 g/mol. The molecule has 2 aromatic rings. The fourth-order valence-corrected chi connectivity index (χ4v) is 1.90. The smallest absolute Gasteiger partial charge is 0.148 e. The molecule has 0 saturated heterocycles. The first-order valence-electron chi connectivity index (χ1n) is 3.08. The van der Waals surface area contributed by atoms with E-state index >= 15 is 0 Å². The molecule has 0 aromatic carbocycles. The Hall–Kier alpha value is -0.810. The van der Waals surface area contributed by atoms with Crippen LogP contribution in [0.25, 0.3) is 10.3 Å². The number of hydrogen-bond acceptors (Lipinski definition) is 4. The second-order valence-corrected chi connectivity index (χ2v) is 3.71. The van der Waals surface area contributed by atoms with Gasteiger partial charge in [-0.1, -0.05) is 23.6 Å². The lowest BCUT2D eigenvalue weighted by Gasteiger charge is -1.83. The quantitative estimate of drug-likeness (QED) is 0.636. The van der Waals surface area contributed by atoms with Crippen LogP contribution in [0.5, 0.6) is 0 Å². The first-order valence-corrected chi connectivity index (χ1v) is 4.30. The van der Waals surface area contributed by atoms with E-state index in [-0.39, 0.29) is 0 Å². The third kappa shape index (κ3) is 1.06. The second kappa shape index (κ2) is 2.35. The monoisotopic (exact) mass is 183 g/mol. The fourth-order valence-electron chi connectivity index (χ4n) is 0.870. The van der Waals surface area contributed by atoms with Crippen LogP contribution in [-0.2, 0) is 0 Å². The minimum absolute atomic E-state index is 0.666. The van der Waals surface area contributed by atoms with Crippen molar-refractivity contribution in [1.29, 1.82) is 0 Å². The summed E-state index contributed by atoms with van der Waals surface area (Å²) in [6.45, 7) is 1.95. The molecular formula is C6H5N3S2. The number of aryl methyl sites for hydroxylation is 1. The summed E-state index contributed by atoms with van der Waals surface area (Å²) < 4.78 is 0.666. The van der Waals surface area contributed by atoms with Crippen LogP contribution in [-0.4, -0.2) is 15.0 Å². The Morgan fingerprint density at radius 3 is 3.18 bits per heavy atom. The van der Waals surface area contributed by atoms with Gasteiger partial charge in [-0.25, -0.2) is 9.97 Å². The highest BCUT2D eigenvalue weighted by Crippen LogP contribution is 2.17. The van der Waals surface area contributed by atoms with Gasteiger partial charge in [-0.05, 0) is 6.92 Å². The van der Waals surface area contributed by atoms with E-state index in [2.05, 4.69) is 15.0 Å². The van der Waals surface area contributed by atoms with Crippen molar-refractivity contribution in [3.05, 3.63) is 16.0 Å². The lowest BCUT2D eigenvalue weighted by molar-refractivity contribution is 1.19. The van der Waals surface area contributed by atoms with Crippen molar-refractivity contribution >= 4 is 33.9 Å². The average Bonchev–Trinajstić information content (AvgIpc) is 2.31. The zero-order valence-electron chi connectivity index (χ0n) is 5.79. The topological polar surface area (TPSA) is 41.6 Å². The predicted molar refractivity (Wildman–Crippen MR) is 47.3 cm³/mol. The number of hydrogen-bond donors (Lipinski definition) is 1. The van der Waals surface area contributed by atoms with Crippen LogP contribution >= 0.6 is 23.6 Å². The van der Waals surface area contributed by atoms with Gasteiger partial charge in [0.05, 0.1) is 11.3 Å². The third-order valence-electron chi connectivity index (χ3n) is 1.31. The van der Waals surface area contributed by atoms with Crippen LogP contribution in [0.1, 0.15) is 5.01 Å². The first kappa shape index (κ1) is 6.87. The van der Waals surface area contributed by atoms with Gasteiger partial charge in [-0.2, -0.15) is 0 Å². The van der Waals surface area contributed by atoms with Crippen LogP contribution in [0.2, 0.25) is 0 Å². The zero-order valence-corrected chi connectivity index (χ0v) is 7.42. The summed E-state index contributed by atoms with van der Waals surface area (Å²) in [6, 6.07) is 0. The van der Waals surface area contributed by atoms with Crippen LogP contribution in [0, 0.1) is 11.6 Å². The van der Waals surface area contributed by atoms with Crippen LogP contribution in [0.4, 0.5) is 0 Å². The molecule has 1 N–H and O–H groups in total. The molecule has 0 atom stereocenters. The summed E-state index contributed by atoms with van der Waals surface area (Å²) in [5, 5.41) is 0.998. The second-order valence-electron chi connectivity index (χ2n) is 2.12. The highest BCUT2D eigenvalue weighted by atomic mass is 32.1. The lowest BCUT2D eigenvalue weighted by atomic mass is 10.6. The molecular weight excluding hydrogens is 178 g/mol. The van der Waals surface area contributed by atoms with E-state index in [1.807, 2.05) is 6.92 Å². The number of aromatic amines is 1. The minimum atomic E-state index is 0.666. The maximum atomic E-state index is 5.02. The van der Waals surface area contributed by atoms with E-state index in [1.54, 1.807) is 17.7 Å². The minimum Gasteiger partial charge on any atom is -0.336 e. The summed E-state index contributed by atoms with van der Waals surface area (Å²) in [5.41, 5.74) is 0.810. The van der Waals surface area contributed by atoms with Crippen molar-refractivity contribution in [2.75, 3.05) is 0 Å². The molecule has 5 heteroatoms. The Kier molecular flexibility index (Phi) is 1.47. The van der Waals surface area contributed by atoms with E-state index in [0.717, 1.165) is 15.4 Å². The standard InChI is InChI=1S/C6H5N3S2/c1-3-9-4-5(10)7-2-8-6(4)11-3/h2H,1H3,(H,7,8,10). The number of H-pyrrole nitrogens is 1. The number of thiazole rings is 1. The van der Waals surface area contributed by atoms with Crippen molar-refractivity contribution < 1.29 is 0 Å². The Labute approximate surface area is 72.1 Å². The molecule has 2 aromatic heterocycles. The molecule has 3 nitrogen and oxygen atoms in total. The van der Waals surface area contributed by atoms with Gasteiger partial charge in [0.15, 0.2) is 0 Å². The van der Waals surface area contributed by atoms with Gasteiger partial charge in [-0.15, -0.1) is 0 Å². The molecule has 11 heavy (non-hydrogen) atoms. The van der Waals surface area contributed by atoms with Crippen molar-refractivity contribution in [3.63, 3.8) is 0 Å². The molecule has 2 heterocycles. The number of nitrogens with one attached hydrogen (secondary N) is 1. The van der Waals surface area contributed by atoms with E-state index in [4.69, 9.17) is 12.2 Å². The van der Waals surface area contributed by atoms with Gasteiger partial charge in [0.2, 0.25) is 0 Å². The van der Waals surface area contributed by atoms with Crippen LogP contribution in [0.15, 0.2) is 6.33 Å². The number of nitrogens with zero attached hydrogens (tertiary/aromatic N) is 2. The van der Waals surface area contributed by atoms with Gasteiger partial charge in [0, 0.05) is 0 Å². The maximum absolute atomic E-state index is 5.02. The van der Waals surface area contributed by atoms with Crippen molar-refractivity contribution in [2.24, 2.45) is 0 Å². The molecule has 0 unspecified atom stereocenters. The molecule has 0 saturated carbocycles. The van der Waals surface area contributed by atoms with Crippen molar-refractivity contribution in [3.8, 4) is 0 Å². The van der Waals surface area contributed by atoms with E-state index in [9.17, 15) is 0 Å². The normalized spacial score (nSPS) is 10.6. The zero-order chi connectivity index (χ0) is 7.84. The van der Waals surface area contributed by atoms with E-state index in [0.29, 0.717) is 4.64 Å². The predicted octanol–water partition coefficient (Wildman–Crippen LogP) is 2.06. The highest BCUT2D eigenvalue weighted by Gasteiger charge is 2.00. The molecule has 0 aliphatic carbocycles. The summed E-state index contributed by atoms with van der Waals surface area (Å²) in [7, 11) is 0. The molecule has 56 valence electrons. The SMILES string of the molecule is Cc1nc2c(=S)[nH]cnc2s1. The lowest BCUT2D eigenvalue weighted by Crippen LogP contribution is -1.78. The Morgan fingerprint density at radius 2 is 2.45 bits per heavy atom. The number of aromatic nitrogens is 3. The number of rotatable bonds is 0. The molecule has 0 radical (unpaired) electrons. The van der Waals surface area contributed by atoms with E-state index in [1.165, 1.54) is 0 Å². The Balaban J connectivity index is 3.02. The van der Waals surface area contributed by atoms with Crippen LogP contribution < -0.4 is 0 Å². The fraction of sp³-hybridized carbons (Fsp3) is 0.167. The van der Waals surface area contributed by atoms with Crippen molar-refractivity contribution in [1.82, 2.24) is 15.0 Å². The first-order chi connectivity index (χ1) is 5.27. The van der Waals surface area contributed by atoms with E-state index < -0.39 is 0 Å². The molecule has 0 spiro atoms. The van der Waals surface area contributed by atoms with Gasteiger partial charge in [0.25, 0.3) is 0 Å².